The van der Waals surface area contributed by atoms with Crippen molar-refractivity contribution in [1.82, 2.24) is 4.90 Å². The minimum atomic E-state index is -3.91. The third-order valence-electron chi connectivity index (χ3n) is 7.24. The highest BCUT2D eigenvalue weighted by Gasteiger charge is 2.33. The van der Waals surface area contributed by atoms with Crippen LogP contribution < -0.4 is 14.2 Å². The maximum absolute atomic E-state index is 12.5. The zero-order chi connectivity index (χ0) is 30.7. The number of rotatable bonds is 15. The summed E-state index contributed by atoms with van der Waals surface area (Å²) in [5.74, 6) is 2.10. The van der Waals surface area contributed by atoms with E-state index in [1.54, 1.807) is 19.2 Å². The molecule has 1 fully saturated rings. The van der Waals surface area contributed by atoms with Crippen LogP contribution in [-0.4, -0.2) is 77.2 Å². The Bertz CT molecular complexity index is 1410. The monoisotopic (exact) mass is 613 g/mol. The van der Waals surface area contributed by atoms with Crippen molar-refractivity contribution >= 4 is 16.2 Å². The summed E-state index contributed by atoms with van der Waals surface area (Å²) in [7, 11) is -2.30. The lowest BCUT2D eigenvalue weighted by Crippen LogP contribution is -2.46. The molecule has 3 aromatic carbocycles. The lowest BCUT2D eigenvalue weighted by atomic mass is 9.87. The third kappa shape index (κ3) is 9.34. The second-order valence-electron chi connectivity index (χ2n) is 10.2. The minimum Gasteiger partial charge on any atom is -0.494 e. The Kier molecular flexibility index (Phi) is 11.7. The van der Waals surface area contributed by atoms with Crippen LogP contribution in [0.3, 0.4) is 0 Å². The Morgan fingerprint density at radius 2 is 1.56 bits per heavy atom. The molecule has 2 unspecified atom stereocenters. The molecule has 10 nitrogen and oxygen atoms in total. The third-order valence-corrected chi connectivity index (χ3v) is 8.56. The number of likely N-dealkylation sites (tertiary alicyclic amines) is 1. The van der Waals surface area contributed by atoms with Crippen LogP contribution in [0.4, 0.5) is 4.79 Å². The molecule has 3 aromatic rings. The topological polar surface area (TPSA) is 121 Å². The largest absolute Gasteiger partial charge is 0.494 e. The quantitative estimate of drug-likeness (QED) is 0.175. The molecule has 1 saturated heterocycles. The van der Waals surface area contributed by atoms with Crippen LogP contribution in [0.15, 0.2) is 77.7 Å². The van der Waals surface area contributed by atoms with Crippen molar-refractivity contribution in [1.29, 1.82) is 0 Å². The van der Waals surface area contributed by atoms with E-state index >= 15 is 0 Å². The summed E-state index contributed by atoms with van der Waals surface area (Å²) in [6.45, 7) is 3.36. The maximum atomic E-state index is 12.5. The number of unbranched alkanes of at least 4 members (excludes halogenated alkanes) is 1. The van der Waals surface area contributed by atoms with Crippen LogP contribution >= 0.6 is 0 Å². The molecule has 0 saturated carbocycles. The number of carboxylic acid groups (broad SMARTS) is 1. The number of para-hydroxylation sites is 2. The van der Waals surface area contributed by atoms with Crippen LogP contribution in [0, 0.1) is 6.92 Å². The number of amides is 1. The number of nitrogens with zero attached hydrogens (tertiary/aromatic N) is 1. The van der Waals surface area contributed by atoms with E-state index in [4.69, 9.17) is 23.1 Å². The fourth-order valence-electron chi connectivity index (χ4n) is 4.88. The number of piperidine rings is 1. The Morgan fingerprint density at radius 1 is 0.884 bits per heavy atom. The number of hydrogen-bond donors (Lipinski definition) is 1. The standard InChI is InChI=1S/C32H39NO9S/c1-24-9-15-27(16-10-24)43(36,37)42-22-21-41-31-23-33(32(34)35)18-17-28(31)25-11-13-26(14-12-25)39-19-5-6-20-40-30-8-4-3-7-29(30)38-2/h3-4,7-16,28,31H,5-6,17-23H2,1-2H3,(H,34,35). The zero-order valence-electron chi connectivity index (χ0n) is 24.5. The van der Waals surface area contributed by atoms with Crippen molar-refractivity contribution in [2.75, 3.05) is 46.6 Å². The van der Waals surface area contributed by atoms with Gasteiger partial charge in [-0.05, 0) is 68.1 Å². The van der Waals surface area contributed by atoms with Crippen molar-refractivity contribution in [3.63, 3.8) is 0 Å². The van der Waals surface area contributed by atoms with E-state index in [1.807, 2.05) is 55.5 Å². The van der Waals surface area contributed by atoms with Gasteiger partial charge in [0.25, 0.3) is 10.1 Å². The molecule has 0 aromatic heterocycles. The summed E-state index contributed by atoms with van der Waals surface area (Å²) in [5, 5.41) is 9.53. The van der Waals surface area contributed by atoms with Crippen molar-refractivity contribution in [2.24, 2.45) is 0 Å². The van der Waals surface area contributed by atoms with Gasteiger partial charge in [0.1, 0.15) is 5.75 Å². The van der Waals surface area contributed by atoms with Gasteiger partial charge >= 0.3 is 6.09 Å². The smallest absolute Gasteiger partial charge is 0.407 e. The number of aryl methyl sites for hydroxylation is 1. The molecular weight excluding hydrogens is 574 g/mol. The van der Waals surface area contributed by atoms with Gasteiger partial charge in [-0.2, -0.15) is 8.42 Å². The van der Waals surface area contributed by atoms with Crippen LogP contribution in [0.25, 0.3) is 0 Å². The van der Waals surface area contributed by atoms with E-state index < -0.39 is 22.3 Å². The van der Waals surface area contributed by atoms with E-state index in [0.29, 0.717) is 31.9 Å². The second-order valence-corrected chi connectivity index (χ2v) is 11.9. The highest BCUT2D eigenvalue weighted by Crippen LogP contribution is 2.32. The van der Waals surface area contributed by atoms with Crippen LogP contribution in [0.1, 0.15) is 36.3 Å². The number of ether oxygens (including phenoxy) is 4. The predicted octanol–water partition coefficient (Wildman–Crippen LogP) is 5.50. The summed E-state index contributed by atoms with van der Waals surface area (Å²) in [6.07, 6.45) is 0.759. The molecule has 11 heteroatoms. The van der Waals surface area contributed by atoms with Crippen LogP contribution in [0.5, 0.6) is 17.2 Å². The van der Waals surface area contributed by atoms with E-state index in [-0.39, 0.29) is 30.6 Å². The molecular formula is C32H39NO9S. The Morgan fingerprint density at radius 3 is 2.23 bits per heavy atom. The number of hydrogen-bond acceptors (Lipinski definition) is 8. The van der Waals surface area contributed by atoms with Crippen molar-refractivity contribution in [2.45, 2.75) is 43.1 Å². The normalized spacial score (nSPS) is 16.9. The summed E-state index contributed by atoms with van der Waals surface area (Å²) < 4.78 is 53.1. The van der Waals surface area contributed by atoms with E-state index in [1.165, 1.54) is 17.0 Å². The van der Waals surface area contributed by atoms with Gasteiger partial charge < -0.3 is 29.0 Å². The highest BCUT2D eigenvalue weighted by molar-refractivity contribution is 7.86. The van der Waals surface area contributed by atoms with Gasteiger partial charge in [0.2, 0.25) is 0 Å². The Labute approximate surface area is 253 Å². The van der Waals surface area contributed by atoms with Gasteiger partial charge in [0.05, 0.1) is 51.1 Å². The first kappa shape index (κ1) is 32.1. The molecule has 0 bridgehead atoms. The lowest BCUT2D eigenvalue weighted by Gasteiger charge is -2.37. The van der Waals surface area contributed by atoms with E-state index in [2.05, 4.69) is 0 Å². The molecule has 1 N–H and O–H groups in total. The molecule has 0 radical (unpaired) electrons. The second kappa shape index (κ2) is 15.6. The SMILES string of the molecule is COc1ccccc1OCCCCOc1ccc(C2CCN(C(=O)O)CC2OCCOS(=O)(=O)c2ccc(C)cc2)cc1. The summed E-state index contributed by atoms with van der Waals surface area (Å²) in [4.78, 5) is 13.0. The van der Waals surface area contributed by atoms with Gasteiger partial charge in [-0.15, -0.1) is 0 Å². The molecule has 0 spiro atoms. The van der Waals surface area contributed by atoms with Crippen molar-refractivity contribution < 1.29 is 41.4 Å². The van der Waals surface area contributed by atoms with E-state index in [9.17, 15) is 18.3 Å². The van der Waals surface area contributed by atoms with Gasteiger partial charge in [-0.3, -0.25) is 4.18 Å². The highest BCUT2D eigenvalue weighted by atomic mass is 32.2. The molecule has 43 heavy (non-hydrogen) atoms. The first-order chi connectivity index (χ1) is 20.8. The lowest BCUT2D eigenvalue weighted by molar-refractivity contribution is -0.0200. The van der Waals surface area contributed by atoms with Crippen LogP contribution in [-0.2, 0) is 19.0 Å². The fraction of sp³-hybridized carbons (Fsp3) is 0.406. The van der Waals surface area contributed by atoms with Gasteiger partial charge in [0.15, 0.2) is 11.5 Å². The van der Waals surface area contributed by atoms with Crippen molar-refractivity contribution in [3.8, 4) is 17.2 Å². The van der Waals surface area contributed by atoms with Gasteiger partial charge in [-0.25, -0.2) is 4.79 Å². The average molecular weight is 614 g/mol. The molecule has 1 amide bonds. The first-order valence-electron chi connectivity index (χ1n) is 14.3. The molecule has 232 valence electrons. The maximum Gasteiger partial charge on any atom is 0.407 e. The van der Waals surface area contributed by atoms with E-state index in [0.717, 1.165) is 35.5 Å². The van der Waals surface area contributed by atoms with Crippen molar-refractivity contribution in [3.05, 3.63) is 83.9 Å². The molecule has 1 aliphatic heterocycles. The summed E-state index contributed by atoms with van der Waals surface area (Å²) in [6, 6.07) is 21.7. The Balaban J connectivity index is 1.25. The number of carbonyl (C=O) groups is 1. The summed E-state index contributed by atoms with van der Waals surface area (Å²) >= 11 is 0. The van der Waals surface area contributed by atoms with Gasteiger partial charge in [0, 0.05) is 12.5 Å². The molecule has 2 atom stereocenters. The predicted molar refractivity (Wildman–Crippen MR) is 161 cm³/mol. The molecule has 0 aliphatic carbocycles. The van der Waals surface area contributed by atoms with Crippen LogP contribution in [0.2, 0.25) is 0 Å². The molecule has 1 heterocycles. The molecule has 4 rings (SSSR count). The fourth-order valence-corrected chi connectivity index (χ4v) is 5.78. The van der Waals surface area contributed by atoms with Gasteiger partial charge in [-0.1, -0.05) is 42.0 Å². The average Bonchev–Trinajstić information content (AvgIpc) is 3.01. The Hall–Kier alpha value is -3.80. The number of benzene rings is 3. The number of methoxy groups -OCH3 is 1. The summed E-state index contributed by atoms with van der Waals surface area (Å²) in [5.41, 5.74) is 1.94. The minimum absolute atomic E-state index is 0.00167. The first-order valence-corrected chi connectivity index (χ1v) is 15.7. The molecule has 1 aliphatic rings. The zero-order valence-corrected chi connectivity index (χ0v) is 25.3.